The van der Waals surface area contributed by atoms with Gasteiger partial charge in [0.05, 0.1) is 23.1 Å². The molecule has 2 aliphatic rings. The molecule has 2 fully saturated rings. The van der Waals surface area contributed by atoms with Gasteiger partial charge in [-0.05, 0) is 87.6 Å². The highest BCUT2D eigenvalue weighted by Crippen LogP contribution is 2.25. The lowest BCUT2D eigenvalue weighted by Crippen LogP contribution is -2.43. The van der Waals surface area contributed by atoms with Crippen molar-refractivity contribution in [2.24, 2.45) is 4.99 Å². The molecule has 1 amide bonds. The molecule has 4 heterocycles. The van der Waals surface area contributed by atoms with Crippen LogP contribution >= 0.6 is 0 Å². The van der Waals surface area contributed by atoms with Crippen LogP contribution in [0.3, 0.4) is 0 Å². The van der Waals surface area contributed by atoms with Crippen LogP contribution in [0.15, 0.2) is 59.4 Å². The second kappa shape index (κ2) is 13.1. The monoisotopic (exact) mass is 540 g/mol. The van der Waals surface area contributed by atoms with Gasteiger partial charge in [0.1, 0.15) is 0 Å². The molecule has 5 rings (SSSR count). The van der Waals surface area contributed by atoms with E-state index in [1.807, 2.05) is 30.5 Å². The highest BCUT2D eigenvalue weighted by Gasteiger charge is 2.17. The predicted molar refractivity (Wildman–Crippen MR) is 163 cm³/mol. The number of amides is 1. The van der Waals surface area contributed by atoms with E-state index in [0.29, 0.717) is 11.4 Å². The summed E-state index contributed by atoms with van der Waals surface area (Å²) < 4.78 is 0. The molecule has 9 heteroatoms. The Kier molecular flexibility index (Phi) is 9.15. The third kappa shape index (κ3) is 7.10. The fourth-order valence-electron chi connectivity index (χ4n) is 5.43. The molecule has 2 saturated heterocycles. The maximum Gasteiger partial charge on any atom is 0.276 e. The van der Waals surface area contributed by atoms with Crippen LogP contribution in [0.5, 0.6) is 0 Å². The molecule has 0 spiro atoms. The third-order valence-electron chi connectivity index (χ3n) is 7.81. The van der Waals surface area contributed by atoms with Crippen molar-refractivity contribution >= 4 is 34.8 Å². The van der Waals surface area contributed by atoms with Gasteiger partial charge in [-0.25, -0.2) is 0 Å². The summed E-state index contributed by atoms with van der Waals surface area (Å²) in [5, 5.41) is 11.1. The Hall–Kier alpha value is -3.66. The van der Waals surface area contributed by atoms with Crippen LogP contribution in [0, 0.1) is 0 Å². The van der Waals surface area contributed by atoms with Crippen molar-refractivity contribution in [2.45, 2.75) is 32.7 Å². The molecule has 9 nitrogen and oxygen atoms in total. The van der Waals surface area contributed by atoms with Crippen molar-refractivity contribution in [2.75, 3.05) is 58.2 Å². The van der Waals surface area contributed by atoms with Gasteiger partial charge in [-0.1, -0.05) is 18.6 Å². The number of fused-ring (bicyclic) bond motifs is 1. The van der Waals surface area contributed by atoms with E-state index in [1.165, 1.54) is 19.3 Å². The summed E-state index contributed by atoms with van der Waals surface area (Å²) in [5.74, 6) is -0.264. The number of piperidine rings is 1. The molecule has 0 unspecified atom stereocenters. The number of pyridine rings is 1. The van der Waals surface area contributed by atoms with Gasteiger partial charge in [-0.15, -0.1) is 0 Å². The number of H-pyrrole nitrogens is 1. The number of nitrogens with one attached hydrogen (secondary N) is 2. The number of likely N-dealkylation sites (N-methyl/N-ethyl adjacent to an activating group) is 1. The van der Waals surface area contributed by atoms with E-state index in [1.54, 1.807) is 6.20 Å². The van der Waals surface area contributed by atoms with Crippen LogP contribution in [0.1, 0.15) is 47.9 Å². The number of rotatable bonds is 9. The minimum absolute atomic E-state index is 0.264. The van der Waals surface area contributed by atoms with E-state index in [-0.39, 0.29) is 5.91 Å². The Labute approximate surface area is 236 Å². The summed E-state index contributed by atoms with van der Waals surface area (Å²) in [6, 6.07) is 9.94. The standard InChI is InChI=1S/C31H40N8O/c1-23(17-24(19-32-2)21-38-11-5-4-6-12-38)25-7-10-29-28(18-25)30(36-35-29)31(40)34-26-8-9-27(33-20-26)22-39-15-13-37(3)14-16-39/h7-10,17-20H,2,4-6,11-16,21-22H2,1,3H3,(H,34,40)(H,35,36)/b23-17+,24-19+. The minimum Gasteiger partial charge on any atom is -0.319 e. The first-order chi connectivity index (χ1) is 19.5. The lowest BCUT2D eigenvalue weighted by molar-refractivity contribution is 0.102. The van der Waals surface area contributed by atoms with E-state index < -0.39 is 0 Å². The molecule has 0 aliphatic carbocycles. The molecule has 40 heavy (non-hydrogen) atoms. The molecule has 2 N–H and O–H groups in total. The summed E-state index contributed by atoms with van der Waals surface area (Å²) in [6.45, 7) is 13.9. The van der Waals surface area contributed by atoms with Crippen molar-refractivity contribution < 1.29 is 4.79 Å². The van der Waals surface area contributed by atoms with Crippen molar-refractivity contribution in [1.29, 1.82) is 0 Å². The highest BCUT2D eigenvalue weighted by molar-refractivity contribution is 6.11. The topological polar surface area (TPSA) is 92.7 Å². The van der Waals surface area contributed by atoms with Gasteiger partial charge in [0.25, 0.3) is 5.91 Å². The van der Waals surface area contributed by atoms with E-state index in [4.69, 9.17) is 0 Å². The number of anilines is 1. The molecule has 0 atom stereocenters. The maximum absolute atomic E-state index is 13.2. The van der Waals surface area contributed by atoms with E-state index in [0.717, 1.165) is 85.7 Å². The Balaban J connectivity index is 1.27. The number of carbonyl (C=O) groups excluding carboxylic acids is 1. The Morgan fingerprint density at radius 1 is 1.07 bits per heavy atom. The predicted octanol–water partition coefficient (Wildman–Crippen LogP) is 4.43. The van der Waals surface area contributed by atoms with E-state index >= 15 is 0 Å². The molecule has 2 aliphatic heterocycles. The molecule has 0 saturated carbocycles. The van der Waals surface area contributed by atoms with Crippen molar-refractivity contribution in [3.05, 3.63) is 71.3 Å². The average molecular weight is 541 g/mol. The van der Waals surface area contributed by atoms with Crippen LogP contribution < -0.4 is 5.32 Å². The third-order valence-corrected chi connectivity index (χ3v) is 7.81. The van der Waals surface area contributed by atoms with E-state index in [9.17, 15) is 4.79 Å². The molecule has 0 radical (unpaired) electrons. The first-order valence-electron chi connectivity index (χ1n) is 14.2. The summed E-state index contributed by atoms with van der Waals surface area (Å²) in [6.07, 6.45) is 9.54. The normalized spacial score (nSPS) is 18.2. The summed E-state index contributed by atoms with van der Waals surface area (Å²) in [4.78, 5) is 29.1. The van der Waals surface area contributed by atoms with Gasteiger partial charge in [0, 0.05) is 50.9 Å². The zero-order valence-corrected chi connectivity index (χ0v) is 23.7. The molecule has 0 bridgehead atoms. The SMILES string of the molecule is C=N/C=C(\C=C(/C)c1ccc2[nH]nc(C(=O)Nc3ccc(CN4CCN(C)CC4)nc3)c2c1)CN1CCCCC1. The fraction of sp³-hybridized carbons (Fsp3) is 0.419. The number of nitrogens with zero attached hydrogens (tertiary/aromatic N) is 6. The molecule has 2 aromatic heterocycles. The molecule has 1 aromatic carbocycles. The number of piperazine rings is 1. The molecular formula is C31H40N8O. The number of hydrogen-bond donors (Lipinski definition) is 2. The number of aliphatic imine (C=N–C) groups is 1. The van der Waals surface area contributed by atoms with Crippen molar-refractivity contribution in [3.63, 3.8) is 0 Å². The number of aromatic amines is 1. The van der Waals surface area contributed by atoms with E-state index in [2.05, 4.69) is 73.0 Å². The number of hydrogen-bond acceptors (Lipinski definition) is 7. The number of likely N-dealkylation sites (tertiary alicyclic amines) is 1. The molecule has 210 valence electrons. The van der Waals surface area contributed by atoms with Crippen molar-refractivity contribution in [1.82, 2.24) is 29.9 Å². The summed E-state index contributed by atoms with van der Waals surface area (Å²) in [7, 11) is 2.15. The minimum atomic E-state index is -0.264. The van der Waals surface area contributed by atoms with Crippen LogP contribution in [0.2, 0.25) is 0 Å². The smallest absolute Gasteiger partial charge is 0.276 e. The Morgan fingerprint density at radius 2 is 1.88 bits per heavy atom. The second-order valence-corrected chi connectivity index (χ2v) is 11.0. The van der Waals surface area contributed by atoms with Gasteiger partial charge >= 0.3 is 0 Å². The molecular weight excluding hydrogens is 500 g/mol. The number of benzene rings is 1. The first-order valence-corrected chi connectivity index (χ1v) is 14.2. The lowest BCUT2D eigenvalue weighted by Gasteiger charge is -2.32. The Morgan fingerprint density at radius 3 is 2.60 bits per heavy atom. The highest BCUT2D eigenvalue weighted by atomic mass is 16.1. The van der Waals surface area contributed by atoms with Crippen LogP contribution in [0.4, 0.5) is 5.69 Å². The van der Waals surface area contributed by atoms with Gasteiger partial charge in [0.15, 0.2) is 5.69 Å². The average Bonchev–Trinajstić information content (AvgIpc) is 3.39. The van der Waals surface area contributed by atoms with Crippen LogP contribution in [-0.4, -0.2) is 95.4 Å². The summed E-state index contributed by atoms with van der Waals surface area (Å²) >= 11 is 0. The zero-order chi connectivity index (χ0) is 27.9. The largest absolute Gasteiger partial charge is 0.319 e. The number of allylic oxidation sites excluding steroid dienone is 1. The number of carbonyl (C=O) groups is 1. The lowest BCUT2D eigenvalue weighted by atomic mass is 10.0. The van der Waals surface area contributed by atoms with Gasteiger partial charge < -0.3 is 10.2 Å². The van der Waals surface area contributed by atoms with Crippen LogP contribution in [-0.2, 0) is 6.54 Å². The van der Waals surface area contributed by atoms with Gasteiger partial charge in [0.2, 0.25) is 0 Å². The zero-order valence-electron chi connectivity index (χ0n) is 23.7. The fourth-order valence-corrected chi connectivity index (χ4v) is 5.43. The Bertz CT molecular complexity index is 1380. The second-order valence-electron chi connectivity index (χ2n) is 11.0. The first kappa shape index (κ1) is 27.9. The number of aromatic nitrogens is 3. The molecule has 3 aromatic rings. The maximum atomic E-state index is 13.2. The van der Waals surface area contributed by atoms with Crippen LogP contribution in [0.25, 0.3) is 16.5 Å². The summed E-state index contributed by atoms with van der Waals surface area (Å²) in [5.41, 5.74) is 6.10. The quantitative estimate of drug-likeness (QED) is 0.308. The van der Waals surface area contributed by atoms with Gasteiger partial charge in [-0.2, -0.15) is 5.10 Å². The van der Waals surface area contributed by atoms with Gasteiger partial charge in [-0.3, -0.25) is 29.7 Å². The van der Waals surface area contributed by atoms with Crippen molar-refractivity contribution in [3.8, 4) is 0 Å².